The molecule has 0 aliphatic carbocycles. The number of aromatic nitrogens is 4. The van der Waals surface area contributed by atoms with E-state index in [0.29, 0.717) is 44.9 Å². The first-order valence-electron chi connectivity index (χ1n) is 20.4. The number of fused-ring (bicyclic) bond motifs is 2. The second-order valence-corrected chi connectivity index (χ2v) is 15.1. The van der Waals surface area contributed by atoms with Crippen LogP contribution in [0, 0.1) is 25.5 Å². The van der Waals surface area contributed by atoms with Gasteiger partial charge >= 0.3 is 11.9 Å². The Morgan fingerprint density at radius 3 is 1.44 bits per heavy atom. The fourth-order valence-corrected chi connectivity index (χ4v) is 7.29. The molecule has 0 fully saturated rings. The van der Waals surface area contributed by atoms with Gasteiger partial charge < -0.3 is 29.1 Å². The minimum atomic E-state index is -0.863. The SMILES string of the molecule is Cc1cc2c(OCCN(Cc3cncc(-c4cccc(F)c4)c3)OC(=O)CC(=O)ON(CCOc3cccc4[nH]c(C)cc34)Cc3cncc(-c4cccc(F)c4)c3)cccc2[nH]1. The fourth-order valence-electron chi connectivity index (χ4n) is 7.29. The number of benzene rings is 4. The van der Waals surface area contributed by atoms with Crippen molar-refractivity contribution in [2.24, 2.45) is 0 Å². The van der Waals surface area contributed by atoms with E-state index >= 15 is 0 Å². The average molecular weight is 851 g/mol. The number of aromatic amines is 2. The Balaban J connectivity index is 0.963. The number of ether oxygens (including phenoxy) is 2. The van der Waals surface area contributed by atoms with Gasteiger partial charge in [-0.2, -0.15) is 0 Å². The molecule has 8 aromatic rings. The van der Waals surface area contributed by atoms with E-state index < -0.39 is 18.4 Å². The summed E-state index contributed by atoms with van der Waals surface area (Å²) < 4.78 is 40.5. The molecule has 0 saturated carbocycles. The second-order valence-electron chi connectivity index (χ2n) is 15.1. The van der Waals surface area contributed by atoms with Gasteiger partial charge in [0.25, 0.3) is 0 Å². The van der Waals surface area contributed by atoms with E-state index in [0.717, 1.165) is 33.2 Å². The number of aryl methyl sites for hydroxylation is 2. The van der Waals surface area contributed by atoms with Crippen molar-refractivity contribution in [2.45, 2.75) is 33.4 Å². The van der Waals surface area contributed by atoms with Crippen LogP contribution in [0.1, 0.15) is 28.9 Å². The minimum Gasteiger partial charge on any atom is -0.491 e. The normalized spacial score (nSPS) is 11.4. The summed E-state index contributed by atoms with van der Waals surface area (Å²) in [5.41, 5.74) is 7.78. The number of carbonyl (C=O) groups is 2. The van der Waals surface area contributed by atoms with Crippen LogP contribution in [0.2, 0.25) is 0 Å². The molecule has 4 aromatic carbocycles. The monoisotopic (exact) mass is 850 g/mol. The number of hydrogen-bond donors (Lipinski definition) is 2. The molecule has 0 bridgehead atoms. The van der Waals surface area contributed by atoms with Gasteiger partial charge in [-0.05, 0) is 109 Å². The summed E-state index contributed by atoms with van der Waals surface area (Å²) in [5, 5.41) is 4.61. The quantitative estimate of drug-likeness (QED) is 0.0635. The molecule has 0 spiro atoms. The van der Waals surface area contributed by atoms with Gasteiger partial charge in [0.05, 0.1) is 26.2 Å². The largest absolute Gasteiger partial charge is 0.491 e. The minimum absolute atomic E-state index is 0.0826. The zero-order chi connectivity index (χ0) is 43.7. The highest BCUT2D eigenvalue weighted by Crippen LogP contribution is 2.28. The Hall–Kier alpha value is -7.42. The molecule has 2 N–H and O–H groups in total. The van der Waals surface area contributed by atoms with Crippen molar-refractivity contribution in [3.8, 4) is 33.8 Å². The molecule has 12 nitrogen and oxygen atoms in total. The van der Waals surface area contributed by atoms with Gasteiger partial charge in [0, 0.05) is 69.1 Å². The van der Waals surface area contributed by atoms with E-state index in [9.17, 15) is 18.4 Å². The number of halogens is 2. The Bertz CT molecular complexity index is 2690. The number of nitrogens with zero attached hydrogens (tertiary/aromatic N) is 4. The highest BCUT2D eigenvalue weighted by Gasteiger charge is 2.22. The Kier molecular flexibility index (Phi) is 13.1. The van der Waals surface area contributed by atoms with Crippen LogP contribution in [0.3, 0.4) is 0 Å². The van der Waals surface area contributed by atoms with Crippen molar-refractivity contribution >= 4 is 33.7 Å². The molecular weight excluding hydrogens is 807 g/mol. The molecule has 8 rings (SSSR count). The maximum atomic E-state index is 14.1. The molecule has 0 radical (unpaired) electrons. The third-order valence-corrected chi connectivity index (χ3v) is 10.1. The predicted molar refractivity (Wildman–Crippen MR) is 234 cm³/mol. The predicted octanol–water partition coefficient (Wildman–Crippen LogP) is 9.44. The third-order valence-electron chi connectivity index (χ3n) is 10.1. The van der Waals surface area contributed by atoms with Gasteiger partial charge in [0.2, 0.25) is 0 Å². The van der Waals surface area contributed by atoms with E-state index in [1.54, 1.807) is 49.1 Å². The van der Waals surface area contributed by atoms with E-state index in [2.05, 4.69) is 19.9 Å². The third kappa shape index (κ3) is 11.1. The lowest BCUT2D eigenvalue weighted by molar-refractivity contribution is -0.207. The van der Waals surface area contributed by atoms with Crippen LogP contribution in [0.4, 0.5) is 8.78 Å². The van der Waals surface area contributed by atoms with Gasteiger partial charge in [-0.25, -0.2) is 18.4 Å². The first-order chi connectivity index (χ1) is 30.6. The molecule has 14 heteroatoms. The molecule has 4 heterocycles. The first-order valence-corrected chi connectivity index (χ1v) is 20.4. The first kappa shape index (κ1) is 42.3. The number of hydroxylamine groups is 4. The zero-order valence-electron chi connectivity index (χ0n) is 34.6. The highest BCUT2D eigenvalue weighted by molar-refractivity contribution is 5.91. The van der Waals surface area contributed by atoms with Crippen LogP contribution >= 0.6 is 0 Å². The van der Waals surface area contributed by atoms with E-state index in [-0.39, 0.29) is 51.0 Å². The molecule has 320 valence electrons. The van der Waals surface area contributed by atoms with Crippen LogP contribution in [-0.4, -0.2) is 68.3 Å². The van der Waals surface area contributed by atoms with Gasteiger partial charge in [0.15, 0.2) is 0 Å². The van der Waals surface area contributed by atoms with E-state index in [1.165, 1.54) is 34.4 Å². The number of pyridine rings is 2. The summed E-state index contributed by atoms with van der Waals surface area (Å²) >= 11 is 0. The molecule has 0 saturated heterocycles. The van der Waals surface area contributed by atoms with Gasteiger partial charge in [0.1, 0.15) is 42.8 Å². The summed E-state index contributed by atoms with van der Waals surface area (Å²) in [6.45, 7) is 4.59. The van der Waals surface area contributed by atoms with Crippen molar-refractivity contribution in [1.29, 1.82) is 0 Å². The van der Waals surface area contributed by atoms with Gasteiger partial charge in [-0.15, -0.1) is 10.1 Å². The summed E-state index contributed by atoms with van der Waals surface area (Å²) in [4.78, 5) is 54.0. The maximum Gasteiger partial charge on any atom is 0.336 e. The smallest absolute Gasteiger partial charge is 0.336 e. The molecule has 63 heavy (non-hydrogen) atoms. The maximum absolute atomic E-state index is 14.1. The average Bonchev–Trinajstić information content (AvgIpc) is 3.85. The van der Waals surface area contributed by atoms with E-state index in [4.69, 9.17) is 19.1 Å². The van der Waals surface area contributed by atoms with Crippen molar-refractivity contribution in [3.63, 3.8) is 0 Å². The standard InChI is InChI=1S/C49H44F2N6O6/c1-32-19-42-44(54-32)11-5-13-46(42)60-17-15-56(30-34-21-38(28-52-26-34)36-7-3-9-40(50)23-36)62-48(58)25-49(59)63-57(16-18-61-47-14-6-12-45-43(47)20-33(2)55-45)31-35-22-39(29-53-27-35)37-8-4-10-41(51)24-37/h3-14,19-24,26-29,54-55H,15-18,25,30-31H2,1-2H3. The molecule has 0 aliphatic heterocycles. The van der Waals surface area contributed by atoms with Crippen molar-refractivity contribution < 1.29 is 37.5 Å². The highest BCUT2D eigenvalue weighted by atomic mass is 19.1. The number of carbonyl (C=O) groups excluding carboxylic acids is 2. The van der Waals surface area contributed by atoms with Crippen molar-refractivity contribution in [1.82, 2.24) is 30.1 Å². The number of nitrogens with one attached hydrogen (secondary N) is 2. The van der Waals surface area contributed by atoms with E-state index in [1.807, 2.05) is 74.5 Å². The van der Waals surface area contributed by atoms with Crippen LogP contribution in [0.5, 0.6) is 11.5 Å². The molecule has 4 aromatic heterocycles. The van der Waals surface area contributed by atoms with Crippen LogP contribution in [-0.2, 0) is 32.4 Å². The lowest BCUT2D eigenvalue weighted by Crippen LogP contribution is -2.34. The number of H-pyrrole nitrogens is 2. The van der Waals surface area contributed by atoms with Crippen LogP contribution in [0.25, 0.3) is 44.1 Å². The molecule has 0 aliphatic rings. The van der Waals surface area contributed by atoms with Gasteiger partial charge in [-0.1, -0.05) is 36.4 Å². The van der Waals surface area contributed by atoms with Crippen molar-refractivity contribution in [3.05, 3.63) is 168 Å². The lowest BCUT2D eigenvalue weighted by atomic mass is 10.1. The molecule has 0 unspecified atom stereocenters. The zero-order valence-corrected chi connectivity index (χ0v) is 34.6. The molecule has 0 atom stereocenters. The fraction of sp³-hybridized carbons (Fsp3) is 0.184. The van der Waals surface area contributed by atoms with Crippen LogP contribution < -0.4 is 9.47 Å². The number of rotatable bonds is 18. The van der Waals surface area contributed by atoms with Gasteiger partial charge in [-0.3, -0.25) is 9.97 Å². The summed E-state index contributed by atoms with van der Waals surface area (Å²) in [6, 6.07) is 31.4. The topological polar surface area (TPSA) is 135 Å². The molecular formula is C49H44F2N6O6. The summed E-state index contributed by atoms with van der Waals surface area (Å²) in [5.74, 6) is -1.18. The lowest BCUT2D eigenvalue weighted by Gasteiger charge is -2.23. The summed E-state index contributed by atoms with van der Waals surface area (Å²) in [7, 11) is 0. The summed E-state index contributed by atoms with van der Waals surface area (Å²) in [6.07, 6.45) is 5.77. The van der Waals surface area contributed by atoms with Crippen molar-refractivity contribution in [2.75, 3.05) is 26.3 Å². The number of hydrogen-bond acceptors (Lipinski definition) is 10. The van der Waals surface area contributed by atoms with Crippen LogP contribution in [0.15, 0.2) is 134 Å². The Morgan fingerprint density at radius 1 is 0.556 bits per heavy atom. The second kappa shape index (κ2) is 19.5. The molecule has 0 amide bonds. The Labute approximate surface area is 361 Å². The Morgan fingerprint density at radius 2 is 1.00 bits per heavy atom.